The Morgan fingerprint density at radius 2 is 1.84 bits per heavy atom. The average molecular weight is 276 g/mol. The van der Waals surface area contributed by atoms with E-state index < -0.39 is 0 Å². The highest BCUT2D eigenvalue weighted by Crippen LogP contribution is 2.52. The molecule has 0 spiro atoms. The molecule has 1 heteroatoms. The molecular formula is C18H29P. The molecular weight excluding hydrogens is 247 g/mol. The van der Waals surface area contributed by atoms with Gasteiger partial charge in [-0.2, -0.15) is 0 Å². The Balaban J connectivity index is 2.04. The predicted octanol–water partition coefficient (Wildman–Crippen LogP) is 5.76. The van der Waals surface area contributed by atoms with E-state index in [1.807, 2.05) is 0 Å². The highest BCUT2D eigenvalue weighted by atomic mass is 31.1. The summed E-state index contributed by atoms with van der Waals surface area (Å²) >= 11 is 0. The molecule has 0 nitrogen and oxygen atoms in total. The van der Waals surface area contributed by atoms with Crippen LogP contribution in [0.15, 0.2) is 30.3 Å². The number of rotatable bonds is 4. The second kappa shape index (κ2) is 6.89. The van der Waals surface area contributed by atoms with E-state index in [0.29, 0.717) is 0 Å². The third-order valence-corrected chi connectivity index (χ3v) is 7.42. The van der Waals surface area contributed by atoms with Gasteiger partial charge in [0.15, 0.2) is 0 Å². The third-order valence-electron chi connectivity index (χ3n) is 4.83. The quantitative estimate of drug-likeness (QED) is 0.613. The largest absolute Gasteiger partial charge is 0.102 e. The van der Waals surface area contributed by atoms with Gasteiger partial charge in [-0.05, 0) is 54.6 Å². The minimum Gasteiger partial charge on any atom is -0.102 e. The maximum atomic E-state index is 2.54. The van der Waals surface area contributed by atoms with Crippen LogP contribution < -0.4 is 0 Å². The molecule has 0 heterocycles. The minimum atomic E-state index is 0.127. The molecule has 4 atom stereocenters. The van der Waals surface area contributed by atoms with E-state index in [1.165, 1.54) is 31.0 Å². The van der Waals surface area contributed by atoms with Gasteiger partial charge in [0.1, 0.15) is 0 Å². The van der Waals surface area contributed by atoms with Crippen LogP contribution >= 0.6 is 7.92 Å². The molecule has 1 aromatic rings. The third kappa shape index (κ3) is 4.06. The molecule has 0 bridgehead atoms. The Morgan fingerprint density at radius 1 is 1.16 bits per heavy atom. The van der Waals surface area contributed by atoms with Crippen molar-refractivity contribution in [1.82, 2.24) is 0 Å². The molecule has 0 aromatic heterocycles. The highest BCUT2D eigenvalue weighted by molar-refractivity contribution is 7.56. The Bertz CT molecular complexity index is 371. The second-order valence-corrected chi connectivity index (χ2v) is 9.29. The van der Waals surface area contributed by atoms with Gasteiger partial charge in [-0.1, -0.05) is 57.5 Å². The first-order chi connectivity index (χ1) is 9.08. The van der Waals surface area contributed by atoms with Crippen LogP contribution in [0.1, 0.15) is 45.6 Å². The summed E-state index contributed by atoms with van der Waals surface area (Å²) in [6, 6.07) is 11.1. The zero-order valence-electron chi connectivity index (χ0n) is 13.0. The molecule has 0 aliphatic heterocycles. The predicted molar refractivity (Wildman–Crippen MR) is 88.1 cm³/mol. The zero-order valence-corrected chi connectivity index (χ0v) is 13.9. The van der Waals surface area contributed by atoms with E-state index in [2.05, 4.69) is 57.8 Å². The van der Waals surface area contributed by atoms with Gasteiger partial charge in [0, 0.05) is 0 Å². The lowest BCUT2D eigenvalue weighted by molar-refractivity contribution is 0.241. The molecule has 0 N–H and O–H groups in total. The lowest BCUT2D eigenvalue weighted by Crippen LogP contribution is -2.31. The van der Waals surface area contributed by atoms with Crippen molar-refractivity contribution in [2.45, 2.75) is 51.9 Å². The van der Waals surface area contributed by atoms with Crippen LogP contribution in [0, 0.1) is 17.8 Å². The van der Waals surface area contributed by atoms with Crippen molar-refractivity contribution in [3.8, 4) is 0 Å². The summed E-state index contributed by atoms with van der Waals surface area (Å²) in [6.45, 7) is 9.86. The van der Waals surface area contributed by atoms with Crippen LogP contribution in [0.3, 0.4) is 0 Å². The summed E-state index contributed by atoms with van der Waals surface area (Å²) < 4.78 is 0. The van der Waals surface area contributed by atoms with Gasteiger partial charge in [0.25, 0.3) is 0 Å². The molecule has 1 aromatic carbocycles. The van der Waals surface area contributed by atoms with Crippen molar-refractivity contribution in [3.05, 3.63) is 35.9 Å². The maximum absolute atomic E-state index is 2.54. The van der Waals surface area contributed by atoms with Crippen LogP contribution in [0.4, 0.5) is 0 Å². The number of benzene rings is 1. The summed E-state index contributed by atoms with van der Waals surface area (Å²) in [5.74, 6) is 2.77. The molecule has 1 fully saturated rings. The van der Waals surface area contributed by atoms with Crippen molar-refractivity contribution in [3.63, 3.8) is 0 Å². The van der Waals surface area contributed by atoms with Crippen LogP contribution in [-0.2, 0) is 6.16 Å². The molecule has 0 saturated heterocycles. The summed E-state index contributed by atoms with van der Waals surface area (Å²) in [5.41, 5.74) is 2.52. The van der Waals surface area contributed by atoms with Crippen molar-refractivity contribution in [2.75, 3.05) is 6.66 Å². The monoisotopic (exact) mass is 276 g/mol. The fraction of sp³-hybridized carbons (Fsp3) is 0.667. The first kappa shape index (κ1) is 15.0. The SMILES string of the molecule is CC(C)[C@@H]1CC[C@@H](C)C[C@H]1P(C)Cc1ccccc1. The summed E-state index contributed by atoms with van der Waals surface area (Å²) in [5, 5.41) is 0. The molecule has 1 saturated carbocycles. The van der Waals surface area contributed by atoms with Gasteiger partial charge < -0.3 is 0 Å². The Labute approximate surface area is 120 Å². The highest BCUT2D eigenvalue weighted by Gasteiger charge is 2.33. The summed E-state index contributed by atoms with van der Waals surface area (Å²) in [6.07, 6.45) is 5.70. The zero-order chi connectivity index (χ0) is 13.8. The van der Waals surface area contributed by atoms with Crippen LogP contribution in [-0.4, -0.2) is 12.3 Å². The summed E-state index contributed by atoms with van der Waals surface area (Å²) in [4.78, 5) is 0. The Kier molecular flexibility index (Phi) is 5.46. The average Bonchev–Trinajstić information content (AvgIpc) is 2.39. The molecule has 1 unspecified atom stereocenters. The summed E-state index contributed by atoms with van der Waals surface area (Å²) in [7, 11) is 0.127. The number of hydrogen-bond acceptors (Lipinski definition) is 0. The topological polar surface area (TPSA) is 0 Å². The first-order valence-corrected chi connectivity index (χ1v) is 9.86. The van der Waals surface area contributed by atoms with Gasteiger partial charge >= 0.3 is 0 Å². The van der Waals surface area contributed by atoms with E-state index in [4.69, 9.17) is 0 Å². The molecule has 0 radical (unpaired) electrons. The fourth-order valence-corrected chi connectivity index (χ4v) is 6.54. The lowest BCUT2D eigenvalue weighted by atomic mass is 9.77. The van der Waals surface area contributed by atoms with E-state index in [-0.39, 0.29) is 7.92 Å². The van der Waals surface area contributed by atoms with Crippen LogP contribution in [0.2, 0.25) is 0 Å². The van der Waals surface area contributed by atoms with Gasteiger partial charge in [-0.15, -0.1) is 7.92 Å². The molecule has 1 aliphatic rings. The van der Waals surface area contributed by atoms with Crippen LogP contribution in [0.25, 0.3) is 0 Å². The smallest absolute Gasteiger partial charge is 0.00730 e. The molecule has 2 rings (SSSR count). The van der Waals surface area contributed by atoms with Gasteiger partial charge in [0.2, 0.25) is 0 Å². The normalized spacial score (nSPS) is 29.4. The molecule has 106 valence electrons. The van der Waals surface area contributed by atoms with Gasteiger partial charge in [0.05, 0.1) is 0 Å². The van der Waals surface area contributed by atoms with Crippen molar-refractivity contribution >= 4 is 7.92 Å². The molecule has 19 heavy (non-hydrogen) atoms. The molecule has 1 aliphatic carbocycles. The first-order valence-electron chi connectivity index (χ1n) is 7.82. The van der Waals surface area contributed by atoms with E-state index in [0.717, 1.165) is 23.4 Å². The number of hydrogen-bond donors (Lipinski definition) is 0. The van der Waals surface area contributed by atoms with Crippen LogP contribution in [0.5, 0.6) is 0 Å². The van der Waals surface area contributed by atoms with Crippen molar-refractivity contribution < 1.29 is 0 Å². The van der Waals surface area contributed by atoms with Crippen molar-refractivity contribution in [1.29, 1.82) is 0 Å². The minimum absolute atomic E-state index is 0.127. The van der Waals surface area contributed by atoms with Crippen molar-refractivity contribution in [2.24, 2.45) is 17.8 Å². The fourth-order valence-electron chi connectivity index (χ4n) is 3.65. The van der Waals surface area contributed by atoms with E-state index >= 15 is 0 Å². The Hall–Kier alpha value is -0.350. The second-order valence-electron chi connectivity index (χ2n) is 6.79. The Morgan fingerprint density at radius 3 is 2.47 bits per heavy atom. The standard InChI is InChI=1S/C18H29P/c1-14(2)17-11-10-15(3)12-18(17)19(4)13-16-8-6-5-7-9-16/h5-9,14-15,17-18H,10-13H2,1-4H3/t15-,17+,18-,19?/m1/s1. The molecule has 0 amide bonds. The van der Waals surface area contributed by atoms with E-state index in [9.17, 15) is 0 Å². The van der Waals surface area contributed by atoms with Gasteiger partial charge in [-0.3, -0.25) is 0 Å². The van der Waals surface area contributed by atoms with Gasteiger partial charge in [-0.25, -0.2) is 0 Å². The maximum Gasteiger partial charge on any atom is -0.00730 e. The van der Waals surface area contributed by atoms with E-state index in [1.54, 1.807) is 0 Å². The lowest BCUT2D eigenvalue weighted by Gasteiger charge is -2.41.